The third kappa shape index (κ3) is 3.41. The van der Waals surface area contributed by atoms with Gasteiger partial charge in [0, 0.05) is 10.4 Å². The zero-order valence-electron chi connectivity index (χ0n) is 11.8. The summed E-state index contributed by atoms with van der Waals surface area (Å²) in [6.45, 7) is 6.12. The van der Waals surface area contributed by atoms with Crippen LogP contribution >= 0.6 is 27.3 Å². The molecular weight excluding hydrogens is 336 g/mol. The van der Waals surface area contributed by atoms with Crippen molar-refractivity contribution < 1.29 is 4.74 Å². The summed E-state index contributed by atoms with van der Waals surface area (Å²) in [5, 5.41) is 0. The highest BCUT2D eigenvalue weighted by atomic mass is 79.9. The smallest absolute Gasteiger partial charge is 0.124 e. The minimum absolute atomic E-state index is 0.0695. The maximum absolute atomic E-state index is 5.88. The van der Waals surface area contributed by atoms with Crippen molar-refractivity contribution in [2.45, 2.75) is 32.9 Å². The Hall–Kier alpha value is -0.880. The van der Waals surface area contributed by atoms with E-state index in [9.17, 15) is 0 Å². The molecule has 1 atom stereocenters. The van der Waals surface area contributed by atoms with Crippen molar-refractivity contribution in [2.24, 2.45) is 5.84 Å². The number of halogens is 1. The lowest BCUT2D eigenvalue weighted by atomic mass is 10.0. The molecule has 0 aliphatic rings. The van der Waals surface area contributed by atoms with Crippen molar-refractivity contribution in [2.75, 3.05) is 0 Å². The van der Waals surface area contributed by atoms with Gasteiger partial charge in [0.2, 0.25) is 0 Å². The molecule has 1 heterocycles. The quantitative estimate of drug-likeness (QED) is 0.625. The van der Waals surface area contributed by atoms with Gasteiger partial charge in [-0.05, 0) is 54.4 Å². The number of nitrogens with two attached hydrogens (primary N) is 1. The molecule has 0 saturated carbocycles. The van der Waals surface area contributed by atoms with E-state index in [2.05, 4.69) is 34.3 Å². The highest BCUT2D eigenvalue weighted by Crippen LogP contribution is 2.37. The van der Waals surface area contributed by atoms with Gasteiger partial charge in [0.1, 0.15) is 5.75 Å². The second-order valence-corrected chi connectivity index (χ2v) is 7.31. The number of rotatable bonds is 5. The van der Waals surface area contributed by atoms with Gasteiger partial charge in [0.05, 0.1) is 15.9 Å². The molecule has 108 valence electrons. The Morgan fingerprint density at radius 1 is 1.30 bits per heavy atom. The monoisotopic (exact) mass is 354 g/mol. The summed E-state index contributed by atoms with van der Waals surface area (Å²) in [7, 11) is 0. The molecule has 1 aromatic heterocycles. The van der Waals surface area contributed by atoms with E-state index in [1.165, 1.54) is 5.56 Å². The molecule has 0 radical (unpaired) electrons. The van der Waals surface area contributed by atoms with E-state index in [0.29, 0.717) is 0 Å². The second-order valence-electron chi connectivity index (χ2n) is 4.91. The topological polar surface area (TPSA) is 47.3 Å². The minimum Gasteiger partial charge on any atom is -0.491 e. The van der Waals surface area contributed by atoms with Crippen LogP contribution in [0.25, 0.3) is 0 Å². The molecule has 0 amide bonds. The molecule has 0 aliphatic carbocycles. The number of hydrogen-bond acceptors (Lipinski definition) is 4. The Bertz CT molecular complexity index is 564. The van der Waals surface area contributed by atoms with Gasteiger partial charge in [-0.15, -0.1) is 11.3 Å². The van der Waals surface area contributed by atoms with E-state index in [-0.39, 0.29) is 12.1 Å². The summed E-state index contributed by atoms with van der Waals surface area (Å²) < 4.78 is 7.02. The van der Waals surface area contributed by atoms with Crippen molar-refractivity contribution >= 4 is 27.3 Å². The number of para-hydroxylation sites is 1. The van der Waals surface area contributed by atoms with Crippen LogP contribution in [-0.4, -0.2) is 6.10 Å². The zero-order valence-corrected chi connectivity index (χ0v) is 14.2. The molecular formula is C15H19BrN2OS. The summed E-state index contributed by atoms with van der Waals surface area (Å²) >= 11 is 5.25. The molecule has 0 fully saturated rings. The lowest BCUT2D eigenvalue weighted by molar-refractivity contribution is 0.238. The fourth-order valence-electron chi connectivity index (χ4n) is 2.03. The second kappa shape index (κ2) is 6.72. The maximum atomic E-state index is 5.88. The third-order valence-corrected chi connectivity index (χ3v) is 5.12. The fourth-order valence-corrected chi connectivity index (χ4v) is 3.68. The van der Waals surface area contributed by atoms with Crippen LogP contribution in [0.15, 0.2) is 34.1 Å². The number of thiophene rings is 1. The van der Waals surface area contributed by atoms with Crippen LogP contribution in [0.5, 0.6) is 5.75 Å². The van der Waals surface area contributed by atoms with Gasteiger partial charge >= 0.3 is 0 Å². The van der Waals surface area contributed by atoms with Gasteiger partial charge in [-0.25, -0.2) is 5.43 Å². The molecule has 0 saturated heterocycles. The van der Waals surface area contributed by atoms with Crippen molar-refractivity contribution in [3.05, 3.63) is 50.1 Å². The molecule has 0 bridgehead atoms. The normalized spacial score (nSPS) is 12.7. The van der Waals surface area contributed by atoms with E-state index in [1.807, 2.05) is 38.1 Å². The van der Waals surface area contributed by atoms with E-state index >= 15 is 0 Å². The number of hydrazine groups is 1. The van der Waals surface area contributed by atoms with E-state index < -0.39 is 0 Å². The van der Waals surface area contributed by atoms with Gasteiger partial charge in [0.15, 0.2) is 0 Å². The molecule has 2 aromatic rings. The average Bonchev–Trinajstić information content (AvgIpc) is 2.72. The molecule has 0 spiro atoms. The molecule has 5 heteroatoms. The molecule has 2 rings (SSSR count). The van der Waals surface area contributed by atoms with Crippen LogP contribution in [0.4, 0.5) is 0 Å². The van der Waals surface area contributed by atoms with Crippen LogP contribution in [0.3, 0.4) is 0 Å². The number of ether oxygens (including phenoxy) is 1. The Morgan fingerprint density at radius 2 is 2.00 bits per heavy atom. The standard InChI is InChI=1S/C15H19BrN2OS/c1-9(2)19-12-7-5-4-6-11(12)14(18-17)13-8-10(3)15(16)20-13/h4-9,14,18H,17H2,1-3H3. The van der Waals surface area contributed by atoms with Crippen LogP contribution < -0.4 is 16.0 Å². The highest BCUT2D eigenvalue weighted by Gasteiger charge is 2.20. The number of aryl methyl sites for hydroxylation is 1. The summed E-state index contributed by atoms with van der Waals surface area (Å²) in [6, 6.07) is 10.1. The Labute approximate surface area is 132 Å². The number of benzene rings is 1. The summed E-state index contributed by atoms with van der Waals surface area (Å²) in [4.78, 5) is 1.16. The Balaban J connectivity index is 2.41. The lowest BCUT2D eigenvalue weighted by Crippen LogP contribution is -2.28. The molecule has 20 heavy (non-hydrogen) atoms. The molecule has 1 unspecified atom stereocenters. The average molecular weight is 355 g/mol. The summed E-state index contributed by atoms with van der Waals surface area (Å²) in [5.41, 5.74) is 5.17. The largest absolute Gasteiger partial charge is 0.491 e. The zero-order chi connectivity index (χ0) is 14.7. The van der Waals surface area contributed by atoms with Crippen LogP contribution in [0.2, 0.25) is 0 Å². The van der Waals surface area contributed by atoms with Crippen molar-refractivity contribution in [1.29, 1.82) is 0 Å². The SMILES string of the molecule is Cc1cc(C(NN)c2ccccc2OC(C)C)sc1Br. The van der Waals surface area contributed by atoms with Gasteiger partial charge in [-0.3, -0.25) is 5.84 Å². The van der Waals surface area contributed by atoms with Gasteiger partial charge < -0.3 is 4.74 Å². The first-order valence-electron chi connectivity index (χ1n) is 6.50. The first kappa shape index (κ1) is 15.5. The van der Waals surface area contributed by atoms with Crippen molar-refractivity contribution in [3.63, 3.8) is 0 Å². The van der Waals surface area contributed by atoms with Crippen molar-refractivity contribution in [1.82, 2.24) is 5.43 Å². The third-order valence-electron chi connectivity index (χ3n) is 2.92. The molecule has 0 aliphatic heterocycles. The number of nitrogens with one attached hydrogen (secondary N) is 1. The molecule has 3 nitrogen and oxygen atoms in total. The predicted molar refractivity (Wildman–Crippen MR) is 88.1 cm³/mol. The van der Waals surface area contributed by atoms with Crippen molar-refractivity contribution in [3.8, 4) is 5.75 Å². The first-order chi connectivity index (χ1) is 9.52. The molecule has 3 N–H and O–H groups in total. The highest BCUT2D eigenvalue weighted by molar-refractivity contribution is 9.11. The lowest BCUT2D eigenvalue weighted by Gasteiger charge is -2.20. The van der Waals surface area contributed by atoms with E-state index in [4.69, 9.17) is 10.6 Å². The summed E-state index contributed by atoms with van der Waals surface area (Å²) in [6.07, 6.45) is 0.131. The van der Waals surface area contributed by atoms with Crippen LogP contribution in [-0.2, 0) is 0 Å². The fraction of sp³-hybridized carbons (Fsp3) is 0.333. The summed E-state index contributed by atoms with van der Waals surface area (Å²) in [5.74, 6) is 6.65. The Kier molecular flexibility index (Phi) is 5.21. The molecule has 1 aromatic carbocycles. The van der Waals surface area contributed by atoms with Gasteiger partial charge in [0.25, 0.3) is 0 Å². The van der Waals surface area contributed by atoms with Gasteiger partial charge in [-0.2, -0.15) is 0 Å². The number of hydrogen-bond donors (Lipinski definition) is 2. The van der Waals surface area contributed by atoms with E-state index in [0.717, 1.165) is 20.0 Å². The minimum atomic E-state index is -0.0695. The maximum Gasteiger partial charge on any atom is 0.124 e. The van der Waals surface area contributed by atoms with Crippen LogP contribution in [0.1, 0.15) is 35.9 Å². The van der Waals surface area contributed by atoms with Gasteiger partial charge in [-0.1, -0.05) is 18.2 Å². The predicted octanol–water partition coefficient (Wildman–Crippen LogP) is 4.16. The van der Waals surface area contributed by atoms with E-state index in [1.54, 1.807) is 11.3 Å². The first-order valence-corrected chi connectivity index (χ1v) is 8.11. The van der Waals surface area contributed by atoms with Crippen LogP contribution in [0, 0.1) is 6.92 Å². The Morgan fingerprint density at radius 3 is 2.55 bits per heavy atom.